The van der Waals surface area contributed by atoms with E-state index in [-0.39, 0.29) is 4.90 Å². The van der Waals surface area contributed by atoms with Crippen LogP contribution in [0.4, 0.5) is 5.69 Å². The SMILES string of the molecule is CCCCOc1ccccc1/C=C/C(=O)N(c1cc(C)ccc1C)S(=O)(=O)c1ccc(Cl)cc1. The number of hydrogen-bond donors (Lipinski definition) is 0. The Morgan fingerprint density at radius 2 is 1.74 bits per heavy atom. The molecule has 0 unspecified atom stereocenters. The Balaban J connectivity index is 2.03. The zero-order valence-electron chi connectivity index (χ0n) is 19.5. The molecule has 0 heterocycles. The number of carbonyl (C=O) groups excluding carboxylic acids is 1. The summed E-state index contributed by atoms with van der Waals surface area (Å²) in [6, 6.07) is 18.5. The summed E-state index contributed by atoms with van der Waals surface area (Å²) in [5.74, 6) is -0.0501. The van der Waals surface area contributed by atoms with Gasteiger partial charge in [-0.25, -0.2) is 8.42 Å². The molecule has 0 saturated heterocycles. The Kier molecular flexibility index (Phi) is 8.53. The van der Waals surface area contributed by atoms with Gasteiger partial charge in [0.1, 0.15) is 5.75 Å². The van der Waals surface area contributed by atoms with E-state index in [1.54, 1.807) is 25.1 Å². The van der Waals surface area contributed by atoms with Crippen molar-refractivity contribution in [3.05, 3.63) is 94.5 Å². The lowest BCUT2D eigenvalue weighted by Gasteiger charge is -2.23. The molecule has 3 aromatic carbocycles. The number of halogens is 1. The average Bonchev–Trinajstić information content (AvgIpc) is 2.81. The number of aryl methyl sites for hydroxylation is 2. The number of anilines is 1. The van der Waals surface area contributed by atoms with Crippen LogP contribution in [0.5, 0.6) is 5.75 Å². The number of rotatable bonds is 9. The van der Waals surface area contributed by atoms with Gasteiger partial charge in [-0.05, 0) is 73.9 Å². The van der Waals surface area contributed by atoms with E-state index in [9.17, 15) is 13.2 Å². The van der Waals surface area contributed by atoms with E-state index in [2.05, 4.69) is 6.92 Å². The molecule has 0 fully saturated rings. The maximum Gasteiger partial charge on any atom is 0.271 e. The van der Waals surface area contributed by atoms with E-state index in [1.165, 1.54) is 30.3 Å². The fourth-order valence-electron chi connectivity index (χ4n) is 3.32. The zero-order chi connectivity index (χ0) is 24.7. The summed E-state index contributed by atoms with van der Waals surface area (Å²) >= 11 is 5.95. The van der Waals surface area contributed by atoms with Crippen LogP contribution >= 0.6 is 11.6 Å². The minimum atomic E-state index is -4.20. The number of nitrogens with zero attached hydrogens (tertiary/aromatic N) is 1. The second-order valence-electron chi connectivity index (χ2n) is 7.92. The monoisotopic (exact) mass is 497 g/mol. The van der Waals surface area contributed by atoms with E-state index >= 15 is 0 Å². The van der Waals surface area contributed by atoms with Gasteiger partial charge in [-0.2, -0.15) is 4.31 Å². The molecule has 3 rings (SSSR count). The second-order valence-corrected chi connectivity index (χ2v) is 10.1. The molecule has 0 atom stereocenters. The number of carbonyl (C=O) groups is 1. The predicted molar refractivity (Wildman–Crippen MR) is 138 cm³/mol. The molecule has 34 heavy (non-hydrogen) atoms. The summed E-state index contributed by atoms with van der Waals surface area (Å²) in [5.41, 5.74) is 2.49. The lowest BCUT2D eigenvalue weighted by molar-refractivity contribution is -0.113. The summed E-state index contributed by atoms with van der Waals surface area (Å²) in [4.78, 5) is 13.4. The molecule has 0 bridgehead atoms. The first kappa shape index (κ1) is 25.5. The van der Waals surface area contributed by atoms with Gasteiger partial charge >= 0.3 is 0 Å². The van der Waals surface area contributed by atoms with Gasteiger partial charge in [0.25, 0.3) is 15.9 Å². The van der Waals surface area contributed by atoms with E-state index in [1.807, 2.05) is 37.3 Å². The first-order valence-electron chi connectivity index (χ1n) is 11.1. The van der Waals surface area contributed by atoms with Crippen LogP contribution in [0.15, 0.2) is 77.7 Å². The van der Waals surface area contributed by atoms with Crippen molar-refractivity contribution in [2.24, 2.45) is 0 Å². The first-order valence-corrected chi connectivity index (χ1v) is 12.9. The van der Waals surface area contributed by atoms with Crippen LogP contribution < -0.4 is 9.04 Å². The summed E-state index contributed by atoms with van der Waals surface area (Å²) in [5, 5.41) is 0.406. The van der Waals surface area contributed by atoms with E-state index in [0.717, 1.165) is 22.7 Å². The number of ether oxygens (including phenoxy) is 1. The fraction of sp³-hybridized carbons (Fsp3) is 0.222. The Morgan fingerprint density at radius 3 is 2.44 bits per heavy atom. The topological polar surface area (TPSA) is 63.7 Å². The summed E-state index contributed by atoms with van der Waals surface area (Å²) < 4.78 is 33.9. The van der Waals surface area contributed by atoms with Gasteiger partial charge < -0.3 is 4.74 Å². The fourth-order valence-corrected chi connectivity index (χ4v) is 4.89. The number of para-hydroxylation sites is 1. The maximum absolute atomic E-state index is 13.6. The van der Waals surface area contributed by atoms with Crippen molar-refractivity contribution < 1.29 is 17.9 Å². The zero-order valence-corrected chi connectivity index (χ0v) is 21.1. The molecule has 1 amide bonds. The van der Waals surface area contributed by atoms with Crippen LogP contribution in [0, 0.1) is 13.8 Å². The van der Waals surface area contributed by atoms with Crippen LogP contribution in [0.25, 0.3) is 6.08 Å². The van der Waals surface area contributed by atoms with Gasteiger partial charge in [-0.1, -0.05) is 55.3 Å². The number of amides is 1. The minimum absolute atomic E-state index is 0.0251. The smallest absolute Gasteiger partial charge is 0.271 e. The van der Waals surface area contributed by atoms with E-state index in [4.69, 9.17) is 16.3 Å². The normalized spacial score (nSPS) is 11.5. The lowest BCUT2D eigenvalue weighted by atomic mass is 10.1. The molecular formula is C27H28ClNO4S. The van der Waals surface area contributed by atoms with Crippen molar-refractivity contribution in [1.82, 2.24) is 0 Å². The number of unbranched alkanes of at least 4 members (excludes halogenated alkanes) is 1. The highest BCUT2D eigenvalue weighted by Gasteiger charge is 2.31. The predicted octanol–water partition coefficient (Wildman–Crippen LogP) is 6.57. The second kappa shape index (κ2) is 11.4. The molecule has 0 saturated carbocycles. The molecule has 0 aliphatic rings. The average molecular weight is 498 g/mol. The molecule has 0 N–H and O–H groups in total. The standard InChI is InChI=1S/C27H28ClNO4S/c1-4-5-18-33-26-9-7-6-8-22(26)12-17-27(30)29(25-19-20(2)10-11-21(25)3)34(31,32)24-15-13-23(28)14-16-24/h6-17,19H,4-5,18H2,1-3H3/b17-12+. The van der Waals surface area contributed by atoms with Crippen LogP contribution in [0.2, 0.25) is 5.02 Å². The number of benzene rings is 3. The van der Waals surface area contributed by atoms with Crippen molar-refractivity contribution in [3.8, 4) is 5.75 Å². The van der Waals surface area contributed by atoms with Crippen molar-refractivity contribution in [3.63, 3.8) is 0 Å². The van der Waals surface area contributed by atoms with Crippen LogP contribution in [-0.4, -0.2) is 20.9 Å². The summed E-state index contributed by atoms with van der Waals surface area (Å²) in [6.07, 6.45) is 4.76. The van der Waals surface area contributed by atoms with Gasteiger partial charge in [0.05, 0.1) is 17.2 Å². The van der Waals surface area contributed by atoms with Crippen LogP contribution in [0.3, 0.4) is 0 Å². The van der Waals surface area contributed by atoms with Crippen molar-refractivity contribution >= 4 is 39.3 Å². The Labute approximate surface area is 206 Å². The van der Waals surface area contributed by atoms with Crippen LogP contribution in [0.1, 0.15) is 36.5 Å². The molecule has 0 aliphatic carbocycles. The lowest BCUT2D eigenvalue weighted by Crippen LogP contribution is -2.36. The first-order chi connectivity index (χ1) is 16.2. The third-order valence-corrected chi connectivity index (χ3v) is 7.19. The third kappa shape index (κ3) is 6.07. The molecule has 178 valence electrons. The molecule has 0 spiro atoms. The Morgan fingerprint density at radius 1 is 1.03 bits per heavy atom. The van der Waals surface area contributed by atoms with Gasteiger partial charge in [0.15, 0.2) is 0 Å². The quantitative estimate of drug-likeness (QED) is 0.248. The largest absolute Gasteiger partial charge is 0.493 e. The van der Waals surface area contributed by atoms with Gasteiger partial charge in [-0.3, -0.25) is 4.79 Å². The van der Waals surface area contributed by atoms with Gasteiger partial charge in [-0.15, -0.1) is 0 Å². The molecule has 3 aromatic rings. The van der Waals surface area contributed by atoms with Gasteiger partial charge in [0.2, 0.25) is 0 Å². The maximum atomic E-state index is 13.6. The molecule has 0 aromatic heterocycles. The highest BCUT2D eigenvalue weighted by atomic mass is 35.5. The minimum Gasteiger partial charge on any atom is -0.493 e. The van der Waals surface area contributed by atoms with Crippen molar-refractivity contribution in [1.29, 1.82) is 0 Å². The van der Waals surface area contributed by atoms with Crippen LogP contribution in [-0.2, 0) is 14.8 Å². The third-order valence-electron chi connectivity index (χ3n) is 5.22. The highest BCUT2D eigenvalue weighted by Crippen LogP contribution is 2.29. The van der Waals surface area contributed by atoms with Crippen molar-refractivity contribution in [2.75, 3.05) is 10.9 Å². The van der Waals surface area contributed by atoms with E-state index < -0.39 is 15.9 Å². The summed E-state index contributed by atoms with van der Waals surface area (Å²) in [6.45, 7) is 6.26. The number of hydrogen-bond acceptors (Lipinski definition) is 4. The Bertz CT molecular complexity index is 1280. The molecule has 5 nitrogen and oxygen atoms in total. The molecular weight excluding hydrogens is 470 g/mol. The Hall–Kier alpha value is -3.09. The van der Waals surface area contributed by atoms with Gasteiger partial charge in [0, 0.05) is 16.7 Å². The molecule has 7 heteroatoms. The van der Waals surface area contributed by atoms with E-state index in [0.29, 0.717) is 34.2 Å². The van der Waals surface area contributed by atoms with Crippen molar-refractivity contribution in [2.45, 2.75) is 38.5 Å². The summed E-state index contributed by atoms with van der Waals surface area (Å²) in [7, 11) is -4.20. The molecule has 0 radical (unpaired) electrons. The molecule has 0 aliphatic heterocycles. The highest BCUT2D eigenvalue weighted by molar-refractivity contribution is 7.93. The number of sulfonamides is 1.